The molecule has 1 heterocycles. The first-order valence-electron chi connectivity index (χ1n) is 14.9. The van der Waals surface area contributed by atoms with Crippen molar-refractivity contribution in [2.45, 2.75) is 137 Å². The summed E-state index contributed by atoms with van der Waals surface area (Å²) in [6.45, 7) is 11.5. The summed E-state index contributed by atoms with van der Waals surface area (Å²) in [5.74, 6) is 0.779. The molecule has 0 aliphatic carbocycles. The molecule has 1 N–H and O–H groups in total. The molecule has 208 valence electrons. The molecule has 0 bridgehead atoms. The number of nitrogens with zero attached hydrogens (tertiary/aromatic N) is 2. The van der Waals surface area contributed by atoms with Gasteiger partial charge in [-0.15, -0.1) is 0 Å². The van der Waals surface area contributed by atoms with Crippen LogP contribution < -0.4 is 14.5 Å². The van der Waals surface area contributed by atoms with Crippen LogP contribution in [0.4, 0.5) is 11.4 Å². The Balaban J connectivity index is 2.36. The van der Waals surface area contributed by atoms with E-state index in [-0.39, 0.29) is 12.0 Å². The van der Waals surface area contributed by atoms with Gasteiger partial charge in [-0.25, -0.2) is 0 Å². The number of unbranched alkanes of at least 4 members (excludes halogenated alkanes) is 11. The van der Waals surface area contributed by atoms with E-state index in [2.05, 4.69) is 37.5 Å². The molecule has 0 saturated carbocycles. The van der Waals surface area contributed by atoms with Crippen molar-refractivity contribution in [3.8, 4) is 11.5 Å². The lowest BCUT2D eigenvalue weighted by molar-refractivity contribution is 0.207. The van der Waals surface area contributed by atoms with Crippen LogP contribution in [-0.2, 0) is 0 Å². The van der Waals surface area contributed by atoms with Gasteiger partial charge in [0, 0.05) is 26.1 Å². The molecule has 1 aromatic rings. The molecule has 0 spiro atoms. The number of rotatable bonds is 20. The average Bonchev–Trinajstić information content (AvgIpc) is 3.24. The molecule has 0 amide bonds. The molecular formula is C30H52Cl2N2O2. The monoisotopic (exact) mass is 542 g/mol. The third kappa shape index (κ3) is 8.79. The molecule has 1 aliphatic heterocycles. The molecule has 1 aliphatic rings. The van der Waals surface area contributed by atoms with Crippen LogP contribution >= 0.6 is 23.2 Å². The minimum absolute atomic E-state index is 0.0691. The van der Waals surface area contributed by atoms with E-state index in [9.17, 15) is 5.11 Å². The fourth-order valence-corrected chi connectivity index (χ4v) is 5.80. The van der Waals surface area contributed by atoms with Crippen LogP contribution in [0.15, 0.2) is 0 Å². The van der Waals surface area contributed by atoms with Gasteiger partial charge < -0.3 is 19.6 Å². The van der Waals surface area contributed by atoms with Crippen molar-refractivity contribution in [2.75, 3.05) is 29.4 Å². The quantitative estimate of drug-likeness (QED) is 0.166. The predicted molar refractivity (Wildman–Crippen MR) is 159 cm³/mol. The van der Waals surface area contributed by atoms with Crippen molar-refractivity contribution in [1.29, 1.82) is 0 Å². The number of benzene rings is 1. The summed E-state index contributed by atoms with van der Waals surface area (Å²) in [5, 5.41) is 12.3. The van der Waals surface area contributed by atoms with E-state index in [0.29, 0.717) is 21.5 Å². The Kier molecular flexibility index (Phi) is 15.2. The number of hydrogen-bond acceptors (Lipinski definition) is 4. The Morgan fingerprint density at radius 1 is 0.722 bits per heavy atom. The van der Waals surface area contributed by atoms with E-state index in [1.807, 2.05) is 0 Å². The van der Waals surface area contributed by atoms with Crippen molar-refractivity contribution >= 4 is 34.6 Å². The molecule has 0 unspecified atom stereocenters. The number of ether oxygens (including phenoxy) is 1. The van der Waals surface area contributed by atoms with Gasteiger partial charge in [0.05, 0.1) is 0 Å². The molecule has 6 heteroatoms. The number of phenols is 1. The second-order valence-electron chi connectivity index (χ2n) is 10.4. The maximum atomic E-state index is 11.4. The normalized spacial score (nSPS) is 14.8. The highest BCUT2D eigenvalue weighted by molar-refractivity contribution is 6.40. The minimum Gasteiger partial charge on any atom is -0.504 e. The summed E-state index contributed by atoms with van der Waals surface area (Å²) in [4.78, 5) is 4.53. The highest BCUT2D eigenvalue weighted by atomic mass is 35.5. The first-order valence-corrected chi connectivity index (χ1v) is 15.7. The van der Waals surface area contributed by atoms with Gasteiger partial charge in [0.1, 0.15) is 21.4 Å². The van der Waals surface area contributed by atoms with Gasteiger partial charge in [-0.1, -0.05) is 122 Å². The van der Waals surface area contributed by atoms with Crippen molar-refractivity contribution in [2.24, 2.45) is 0 Å². The van der Waals surface area contributed by atoms with Crippen LogP contribution in [0, 0.1) is 0 Å². The number of fused-ring (bicyclic) bond motifs is 1. The summed E-state index contributed by atoms with van der Waals surface area (Å²) >= 11 is 14.0. The number of hydrogen-bond donors (Lipinski definition) is 1. The third-order valence-electron chi connectivity index (χ3n) is 7.34. The Labute approximate surface area is 231 Å². The summed E-state index contributed by atoms with van der Waals surface area (Å²) < 4.78 is 6.54. The molecule has 0 fully saturated rings. The van der Waals surface area contributed by atoms with E-state index in [1.165, 1.54) is 70.6 Å². The van der Waals surface area contributed by atoms with Crippen molar-refractivity contribution < 1.29 is 9.84 Å². The van der Waals surface area contributed by atoms with Gasteiger partial charge in [0.2, 0.25) is 0 Å². The SMILES string of the molecule is CCCCCCN(CCCCCC)c1c(O)c(Cl)c2c(c1Cl)O[C@H](CCCCC)N2CCCCCC. The van der Waals surface area contributed by atoms with Crippen molar-refractivity contribution in [3.63, 3.8) is 0 Å². The van der Waals surface area contributed by atoms with Crippen LogP contribution in [0.5, 0.6) is 11.5 Å². The van der Waals surface area contributed by atoms with E-state index in [4.69, 9.17) is 27.9 Å². The van der Waals surface area contributed by atoms with Crippen LogP contribution in [-0.4, -0.2) is 31.0 Å². The van der Waals surface area contributed by atoms with Gasteiger partial charge >= 0.3 is 0 Å². The van der Waals surface area contributed by atoms with Crippen LogP contribution in [0.2, 0.25) is 10.0 Å². The zero-order valence-electron chi connectivity index (χ0n) is 23.5. The first-order chi connectivity index (χ1) is 17.5. The summed E-state index contributed by atoms with van der Waals surface area (Å²) in [5.41, 5.74) is 1.45. The molecule has 1 atom stereocenters. The maximum Gasteiger partial charge on any atom is 0.172 e. The Morgan fingerprint density at radius 2 is 1.25 bits per heavy atom. The maximum absolute atomic E-state index is 11.4. The first kappa shape index (κ1) is 31.2. The van der Waals surface area contributed by atoms with Gasteiger partial charge in [-0.05, 0) is 25.7 Å². The van der Waals surface area contributed by atoms with Crippen molar-refractivity contribution in [3.05, 3.63) is 10.0 Å². The van der Waals surface area contributed by atoms with Crippen molar-refractivity contribution in [1.82, 2.24) is 0 Å². The van der Waals surface area contributed by atoms with Gasteiger partial charge in [0.15, 0.2) is 17.7 Å². The second-order valence-corrected chi connectivity index (χ2v) is 11.2. The molecular weight excluding hydrogens is 491 g/mol. The molecule has 36 heavy (non-hydrogen) atoms. The molecule has 0 radical (unpaired) electrons. The largest absolute Gasteiger partial charge is 0.504 e. The lowest BCUT2D eigenvalue weighted by Gasteiger charge is -2.29. The number of aromatic hydroxyl groups is 1. The standard InChI is InChI=1S/C30H52Cl2N2O2/c1-5-9-13-17-21-33(22-18-14-10-6-2)27-26(32)30-28(25(31)29(27)35)34(23-19-15-11-7-3)24(36-30)20-16-12-8-4/h24,35H,5-23H2,1-4H3/t24-/m1/s1. The molecule has 1 aromatic carbocycles. The molecule has 0 aromatic heterocycles. The number of halogens is 2. The van der Waals surface area contributed by atoms with Crippen LogP contribution in [0.3, 0.4) is 0 Å². The zero-order valence-corrected chi connectivity index (χ0v) is 25.0. The molecule has 0 saturated heterocycles. The summed E-state index contributed by atoms with van der Waals surface area (Å²) in [6, 6.07) is 0. The average molecular weight is 544 g/mol. The fourth-order valence-electron chi connectivity index (χ4n) is 5.17. The Bertz CT molecular complexity index is 744. The van der Waals surface area contributed by atoms with Gasteiger partial charge in [0.25, 0.3) is 0 Å². The zero-order chi connectivity index (χ0) is 26.3. The van der Waals surface area contributed by atoms with E-state index >= 15 is 0 Å². The molecule has 4 nitrogen and oxygen atoms in total. The highest BCUT2D eigenvalue weighted by Gasteiger charge is 2.38. The Morgan fingerprint density at radius 3 is 1.81 bits per heavy atom. The Hall–Kier alpha value is -1.00. The second kappa shape index (κ2) is 17.5. The lowest BCUT2D eigenvalue weighted by atomic mass is 10.1. The van der Waals surface area contributed by atoms with E-state index in [0.717, 1.165) is 57.4 Å². The smallest absolute Gasteiger partial charge is 0.172 e. The molecule has 2 rings (SSSR count). The van der Waals surface area contributed by atoms with E-state index in [1.54, 1.807) is 0 Å². The number of phenolic OH excluding ortho intramolecular Hbond substituents is 1. The topological polar surface area (TPSA) is 35.9 Å². The highest BCUT2D eigenvalue weighted by Crippen LogP contribution is 2.57. The van der Waals surface area contributed by atoms with Gasteiger partial charge in [-0.2, -0.15) is 0 Å². The van der Waals surface area contributed by atoms with Crippen LogP contribution in [0.25, 0.3) is 0 Å². The third-order valence-corrected chi connectivity index (χ3v) is 8.05. The van der Waals surface area contributed by atoms with Crippen LogP contribution in [0.1, 0.15) is 130 Å². The summed E-state index contributed by atoms with van der Waals surface area (Å²) in [7, 11) is 0. The van der Waals surface area contributed by atoms with Gasteiger partial charge in [-0.3, -0.25) is 0 Å². The lowest BCUT2D eigenvalue weighted by Crippen LogP contribution is -2.35. The minimum atomic E-state index is -0.0691. The van der Waals surface area contributed by atoms with E-state index < -0.39 is 0 Å². The number of anilines is 2. The predicted octanol–water partition coefficient (Wildman–Crippen LogP) is 10.4. The summed E-state index contributed by atoms with van der Waals surface area (Å²) in [6.07, 6.45) is 18.4. The fraction of sp³-hybridized carbons (Fsp3) is 0.800.